The summed E-state index contributed by atoms with van der Waals surface area (Å²) in [4.78, 5) is 12.8. The smallest absolute Gasteiger partial charge is 0.196 e. The lowest BCUT2D eigenvalue weighted by Gasteiger charge is -2.19. The van der Waals surface area contributed by atoms with Gasteiger partial charge in [-0.1, -0.05) is 12.1 Å². The van der Waals surface area contributed by atoms with Gasteiger partial charge in [-0.25, -0.2) is 0 Å². The Balaban J connectivity index is 1.75. The van der Waals surface area contributed by atoms with Crippen LogP contribution in [-0.4, -0.2) is 19.0 Å². The summed E-state index contributed by atoms with van der Waals surface area (Å²) >= 11 is 0. The summed E-state index contributed by atoms with van der Waals surface area (Å²) in [5.74, 6) is 1.70. The minimum atomic E-state index is 0.0310. The Kier molecular flexibility index (Phi) is 2.92. The SMILES string of the molecule is O=C(c1ccc2c(c1)CCO2)c1cccc2c1OCCC2. The Morgan fingerprint density at radius 1 is 0.952 bits per heavy atom. The maximum Gasteiger partial charge on any atom is 0.196 e. The normalized spacial score (nSPS) is 15.6. The second-order valence-corrected chi connectivity index (χ2v) is 5.50. The maximum absolute atomic E-state index is 12.8. The molecule has 0 unspecified atom stereocenters. The van der Waals surface area contributed by atoms with Gasteiger partial charge in [0.05, 0.1) is 18.8 Å². The van der Waals surface area contributed by atoms with Crippen molar-refractivity contribution in [3.8, 4) is 11.5 Å². The predicted molar refractivity (Wildman–Crippen MR) is 79.3 cm³/mol. The summed E-state index contributed by atoms with van der Waals surface area (Å²) in [6.07, 6.45) is 2.87. The first-order valence-electron chi connectivity index (χ1n) is 7.38. The monoisotopic (exact) mass is 280 g/mol. The third-order valence-electron chi connectivity index (χ3n) is 4.13. The second kappa shape index (κ2) is 4.92. The Morgan fingerprint density at radius 3 is 2.86 bits per heavy atom. The summed E-state index contributed by atoms with van der Waals surface area (Å²) in [5, 5.41) is 0. The highest BCUT2D eigenvalue weighted by atomic mass is 16.5. The number of hydrogen-bond acceptors (Lipinski definition) is 3. The molecular weight excluding hydrogens is 264 g/mol. The highest BCUT2D eigenvalue weighted by Crippen LogP contribution is 2.32. The molecule has 0 radical (unpaired) electrons. The summed E-state index contributed by atoms with van der Waals surface area (Å²) in [6.45, 7) is 1.39. The van der Waals surface area contributed by atoms with Crippen LogP contribution in [0.4, 0.5) is 0 Å². The van der Waals surface area contributed by atoms with Gasteiger partial charge in [0, 0.05) is 12.0 Å². The zero-order valence-corrected chi connectivity index (χ0v) is 11.7. The molecule has 2 heterocycles. The summed E-state index contributed by atoms with van der Waals surface area (Å²) in [7, 11) is 0. The van der Waals surface area contributed by atoms with E-state index >= 15 is 0 Å². The average molecular weight is 280 g/mol. The standard InChI is InChI=1S/C18H16O3/c19-17(14-6-7-16-13(11-14)8-10-20-16)15-5-1-3-12-4-2-9-21-18(12)15/h1,3,5-7,11H,2,4,8-10H2. The minimum Gasteiger partial charge on any atom is -0.493 e. The van der Waals surface area contributed by atoms with E-state index in [1.807, 2.05) is 36.4 Å². The van der Waals surface area contributed by atoms with Crippen molar-refractivity contribution in [3.63, 3.8) is 0 Å². The van der Waals surface area contributed by atoms with Gasteiger partial charge in [-0.15, -0.1) is 0 Å². The van der Waals surface area contributed by atoms with E-state index in [1.54, 1.807) is 0 Å². The van der Waals surface area contributed by atoms with E-state index in [9.17, 15) is 4.79 Å². The Labute approximate surface area is 123 Å². The topological polar surface area (TPSA) is 35.5 Å². The number of para-hydroxylation sites is 1. The van der Waals surface area contributed by atoms with E-state index in [4.69, 9.17) is 9.47 Å². The molecule has 0 atom stereocenters. The van der Waals surface area contributed by atoms with Crippen molar-refractivity contribution in [1.82, 2.24) is 0 Å². The molecule has 0 spiro atoms. The Bertz CT molecular complexity index is 718. The molecule has 21 heavy (non-hydrogen) atoms. The van der Waals surface area contributed by atoms with Crippen molar-refractivity contribution in [3.05, 3.63) is 58.7 Å². The van der Waals surface area contributed by atoms with Crippen LogP contribution in [0.3, 0.4) is 0 Å². The summed E-state index contributed by atoms with van der Waals surface area (Å²) < 4.78 is 11.2. The molecule has 2 aromatic carbocycles. The van der Waals surface area contributed by atoms with E-state index in [0.717, 1.165) is 41.9 Å². The number of rotatable bonds is 2. The van der Waals surface area contributed by atoms with E-state index in [0.29, 0.717) is 24.3 Å². The van der Waals surface area contributed by atoms with Gasteiger partial charge in [-0.05, 0) is 48.2 Å². The molecule has 2 aromatic rings. The first-order valence-corrected chi connectivity index (χ1v) is 7.38. The van der Waals surface area contributed by atoms with Crippen LogP contribution >= 0.6 is 0 Å². The van der Waals surface area contributed by atoms with E-state index in [2.05, 4.69) is 0 Å². The van der Waals surface area contributed by atoms with Crippen molar-refractivity contribution < 1.29 is 14.3 Å². The first-order chi connectivity index (χ1) is 10.3. The number of fused-ring (bicyclic) bond motifs is 2. The van der Waals surface area contributed by atoms with E-state index in [-0.39, 0.29) is 5.78 Å². The van der Waals surface area contributed by atoms with Crippen molar-refractivity contribution in [1.29, 1.82) is 0 Å². The van der Waals surface area contributed by atoms with Crippen LogP contribution in [0.25, 0.3) is 0 Å². The fourth-order valence-electron chi connectivity index (χ4n) is 3.05. The lowest BCUT2D eigenvalue weighted by Crippen LogP contribution is -2.13. The maximum atomic E-state index is 12.8. The van der Waals surface area contributed by atoms with Gasteiger partial charge in [-0.3, -0.25) is 4.79 Å². The molecule has 0 amide bonds. The number of hydrogen-bond donors (Lipinski definition) is 0. The summed E-state index contributed by atoms with van der Waals surface area (Å²) in [6, 6.07) is 11.5. The van der Waals surface area contributed by atoms with Crippen LogP contribution in [0.1, 0.15) is 33.5 Å². The second-order valence-electron chi connectivity index (χ2n) is 5.50. The zero-order valence-electron chi connectivity index (χ0n) is 11.7. The van der Waals surface area contributed by atoms with Crippen LogP contribution in [0, 0.1) is 0 Å². The van der Waals surface area contributed by atoms with Gasteiger partial charge in [0.25, 0.3) is 0 Å². The van der Waals surface area contributed by atoms with Crippen LogP contribution in [0.2, 0.25) is 0 Å². The lowest BCUT2D eigenvalue weighted by molar-refractivity contribution is 0.103. The molecular formula is C18H16O3. The van der Waals surface area contributed by atoms with Gasteiger partial charge in [-0.2, -0.15) is 0 Å². The molecule has 4 rings (SSSR count). The van der Waals surface area contributed by atoms with Gasteiger partial charge in [0.15, 0.2) is 5.78 Å². The van der Waals surface area contributed by atoms with E-state index in [1.165, 1.54) is 0 Å². The number of carbonyl (C=O) groups is 1. The highest BCUT2D eigenvalue weighted by molar-refractivity contribution is 6.11. The largest absolute Gasteiger partial charge is 0.493 e. The van der Waals surface area contributed by atoms with Gasteiger partial charge in [0.1, 0.15) is 11.5 Å². The number of ether oxygens (including phenoxy) is 2. The molecule has 0 N–H and O–H groups in total. The molecule has 0 saturated carbocycles. The molecule has 0 bridgehead atoms. The van der Waals surface area contributed by atoms with E-state index < -0.39 is 0 Å². The average Bonchev–Trinajstić information content (AvgIpc) is 3.01. The Morgan fingerprint density at radius 2 is 1.90 bits per heavy atom. The third kappa shape index (κ3) is 2.09. The molecule has 0 fully saturated rings. The molecule has 3 nitrogen and oxygen atoms in total. The predicted octanol–water partition coefficient (Wildman–Crippen LogP) is 3.18. The number of aryl methyl sites for hydroxylation is 1. The van der Waals surface area contributed by atoms with Crippen LogP contribution in [-0.2, 0) is 12.8 Å². The molecule has 0 aromatic heterocycles. The van der Waals surface area contributed by atoms with Gasteiger partial charge >= 0.3 is 0 Å². The summed E-state index contributed by atoms with van der Waals surface area (Å²) in [5.41, 5.74) is 3.64. The number of carbonyl (C=O) groups excluding carboxylic acids is 1. The quantitative estimate of drug-likeness (QED) is 0.793. The molecule has 3 heteroatoms. The number of benzene rings is 2. The molecule has 2 aliphatic heterocycles. The third-order valence-corrected chi connectivity index (χ3v) is 4.13. The fraction of sp³-hybridized carbons (Fsp3) is 0.278. The van der Waals surface area contributed by atoms with Crippen LogP contribution in [0.15, 0.2) is 36.4 Å². The molecule has 2 aliphatic rings. The van der Waals surface area contributed by atoms with Crippen LogP contribution in [0.5, 0.6) is 11.5 Å². The Hall–Kier alpha value is -2.29. The van der Waals surface area contributed by atoms with Crippen LogP contribution < -0.4 is 9.47 Å². The van der Waals surface area contributed by atoms with Gasteiger partial charge in [0.2, 0.25) is 0 Å². The van der Waals surface area contributed by atoms with Crippen molar-refractivity contribution in [2.24, 2.45) is 0 Å². The van der Waals surface area contributed by atoms with Crippen molar-refractivity contribution >= 4 is 5.78 Å². The van der Waals surface area contributed by atoms with Crippen molar-refractivity contribution in [2.75, 3.05) is 13.2 Å². The first kappa shape index (κ1) is 12.5. The fourth-order valence-corrected chi connectivity index (χ4v) is 3.05. The molecule has 0 saturated heterocycles. The van der Waals surface area contributed by atoms with Gasteiger partial charge < -0.3 is 9.47 Å². The van der Waals surface area contributed by atoms with Crippen molar-refractivity contribution in [2.45, 2.75) is 19.3 Å². The molecule has 106 valence electrons. The minimum absolute atomic E-state index is 0.0310. The highest BCUT2D eigenvalue weighted by Gasteiger charge is 2.21. The zero-order chi connectivity index (χ0) is 14.2. The number of ketones is 1. The molecule has 0 aliphatic carbocycles. The lowest BCUT2D eigenvalue weighted by atomic mass is 9.95.